The quantitative estimate of drug-likeness (QED) is 0.788. The highest BCUT2D eigenvalue weighted by molar-refractivity contribution is 7.98. The number of aromatic nitrogens is 1. The Morgan fingerprint density at radius 1 is 1.31 bits per heavy atom. The van der Waals surface area contributed by atoms with E-state index in [1.54, 1.807) is 0 Å². The first-order chi connectivity index (χ1) is 7.86. The SMILES string of the molecule is CCOc1cccc2c1ccn2CCSC. The van der Waals surface area contributed by atoms with Gasteiger partial charge in [0.1, 0.15) is 5.75 Å². The van der Waals surface area contributed by atoms with E-state index in [4.69, 9.17) is 4.74 Å². The number of rotatable bonds is 5. The molecule has 0 aliphatic carbocycles. The van der Waals surface area contributed by atoms with Crippen molar-refractivity contribution in [3.8, 4) is 5.75 Å². The van der Waals surface area contributed by atoms with Crippen molar-refractivity contribution in [2.45, 2.75) is 13.5 Å². The van der Waals surface area contributed by atoms with E-state index in [0.29, 0.717) is 0 Å². The molecule has 86 valence electrons. The molecule has 0 aliphatic heterocycles. The van der Waals surface area contributed by atoms with Crippen LogP contribution in [0, 0.1) is 0 Å². The molecule has 16 heavy (non-hydrogen) atoms. The van der Waals surface area contributed by atoms with Gasteiger partial charge in [-0.2, -0.15) is 11.8 Å². The van der Waals surface area contributed by atoms with Crippen molar-refractivity contribution in [2.75, 3.05) is 18.6 Å². The number of thioether (sulfide) groups is 1. The smallest absolute Gasteiger partial charge is 0.128 e. The third-order valence-electron chi connectivity index (χ3n) is 2.61. The minimum Gasteiger partial charge on any atom is -0.493 e. The summed E-state index contributed by atoms with van der Waals surface area (Å²) in [6.45, 7) is 3.79. The van der Waals surface area contributed by atoms with Crippen LogP contribution in [0.4, 0.5) is 0 Å². The summed E-state index contributed by atoms with van der Waals surface area (Å²) < 4.78 is 7.90. The number of aryl methyl sites for hydroxylation is 1. The van der Waals surface area contributed by atoms with Gasteiger partial charge in [-0.1, -0.05) is 6.07 Å². The normalized spacial score (nSPS) is 10.9. The third-order valence-corrected chi connectivity index (χ3v) is 3.20. The molecule has 2 nitrogen and oxygen atoms in total. The fraction of sp³-hybridized carbons (Fsp3) is 0.385. The summed E-state index contributed by atoms with van der Waals surface area (Å²) >= 11 is 1.87. The van der Waals surface area contributed by atoms with Crippen LogP contribution in [0.3, 0.4) is 0 Å². The molecule has 0 fully saturated rings. The monoisotopic (exact) mass is 235 g/mol. The van der Waals surface area contributed by atoms with Crippen molar-refractivity contribution in [1.82, 2.24) is 4.57 Å². The molecule has 0 saturated carbocycles. The molecule has 2 aromatic rings. The number of nitrogens with zero attached hydrogens (tertiary/aromatic N) is 1. The van der Waals surface area contributed by atoms with Crippen LogP contribution >= 0.6 is 11.8 Å². The van der Waals surface area contributed by atoms with E-state index in [2.05, 4.69) is 35.2 Å². The Morgan fingerprint density at radius 3 is 2.94 bits per heavy atom. The summed E-state index contributed by atoms with van der Waals surface area (Å²) in [4.78, 5) is 0. The lowest BCUT2D eigenvalue weighted by Gasteiger charge is -2.06. The molecule has 2 rings (SSSR count). The van der Waals surface area contributed by atoms with Gasteiger partial charge in [-0.15, -0.1) is 0 Å². The lowest BCUT2D eigenvalue weighted by atomic mass is 10.2. The molecule has 0 N–H and O–H groups in total. The van der Waals surface area contributed by atoms with Crippen molar-refractivity contribution in [2.24, 2.45) is 0 Å². The maximum atomic E-state index is 5.62. The van der Waals surface area contributed by atoms with Crippen LogP contribution in [0.15, 0.2) is 30.5 Å². The van der Waals surface area contributed by atoms with Gasteiger partial charge in [-0.05, 0) is 31.4 Å². The number of hydrogen-bond acceptors (Lipinski definition) is 2. The number of fused-ring (bicyclic) bond motifs is 1. The summed E-state index contributed by atoms with van der Waals surface area (Å²) in [5.74, 6) is 2.13. The predicted octanol–water partition coefficient (Wildman–Crippen LogP) is 3.40. The molecule has 0 saturated heterocycles. The van der Waals surface area contributed by atoms with E-state index in [-0.39, 0.29) is 0 Å². The average molecular weight is 235 g/mol. The van der Waals surface area contributed by atoms with E-state index in [0.717, 1.165) is 24.7 Å². The van der Waals surface area contributed by atoms with Gasteiger partial charge in [0.2, 0.25) is 0 Å². The van der Waals surface area contributed by atoms with Crippen molar-refractivity contribution < 1.29 is 4.74 Å². The second-order valence-corrected chi connectivity index (χ2v) is 4.61. The third kappa shape index (κ3) is 2.19. The molecule has 1 heterocycles. The van der Waals surface area contributed by atoms with Gasteiger partial charge in [0, 0.05) is 23.9 Å². The second-order valence-electron chi connectivity index (χ2n) is 3.62. The fourth-order valence-corrected chi connectivity index (χ4v) is 2.24. The Hall–Kier alpha value is -1.09. The Labute approximate surface area is 101 Å². The molecule has 0 amide bonds. The lowest BCUT2D eigenvalue weighted by Crippen LogP contribution is -1.98. The Bertz CT molecular complexity index is 464. The van der Waals surface area contributed by atoms with Gasteiger partial charge in [0.25, 0.3) is 0 Å². The molecule has 0 unspecified atom stereocenters. The highest BCUT2D eigenvalue weighted by atomic mass is 32.2. The lowest BCUT2D eigenvalue weighted by molar-refractivity contribution is 0.344. The Kier molecular flexibility index (Phi) is 3.78. The molecule has 0 radical (unpaired) electrons. The largest absolute Gasteiger partial charge is 0.493 e. The topological polar surface area (TPSA) is 14.2 Å². The van der Waals surface area contributed by atoms with Gasteiger partial charge in [0.15, 0.2) is 0 Å². The van der Waals surface area contributed by atoms with Crippen LogP contribution in [0.5, 0.6) is 5.75 Å². The molecule has 1 aromatic carbocycles. The van der Waals surface area contributed by atoms with E-state index in [1.807, 2.05) is 24.8 Å². The van der Waals surface area contributed by atoms with Crippen LogP contribution in [0.1, 0.15) is 6.92 Å². The van der Waals surface area contributed by atoms with E-state index in [1.165, 1.54) is 10.9 Å². The Balaban J connectivity index is 2.36. The number of benzene rings is 1. The fourth-order valence-electron chi connectivity index (χ4n) is 1.86. The van der Waals surface area contributed by atoms with Crippen LogP contribution in [0.2, 0.25) is 0 Å². The van der Waals surface area contributed by atoms with Gasteiger partial charge < -0.3 is 9.30 Å². The van der Waals surface area contributed by atoms with Crippen molar-refractivity contribution in [3.63, 3.8) is 0 Å². The minimum atomic E-state index is 0.717. The standard InChI is InChI=1S/C13H17NOS/c1-3-15-13-6-4-5-12-11(13)7-8-14(12)9-10-16-2/h4-8H,3,9-10H2,1-2H3. The van der Waals surface area contributed by atoms with Crippen molar-refractivity contribution in [1.29, 1.82) is 0 Å². The van der Waals surface area contributed by atoms with E-state index in [9.17, 15) is 0 Å². The molecule has 0 bridgehead atoms. The first-order valence-corrected chi connectivity index (χ1v) is 6.95. The predicted molar refractivity (Wildman–Crippen MR) is 71.5 cm³/mol. The summed E-state index contributed by atoms with van der Waals surface area (Å²) in [6.07, 6.45) is 4.28. The van der Waals surface area contributed by atoms with Gasteiger partial charge in [-0.25, -0.2) is 0 Å². The maximum Gasteiger partial charge on any atom is 0.128 e. The molecular formula is C13H17NOS. The van der Waals surface area contributed by atoms with Gasteiger partial charge in [0.05, 0.1) is 12.1 Å². The number of hydrogen-bond donors (Lipinski definition) is 0. The second kappa shape index (κ2) is 5.30. The van der Waals surface area contributed by atoms with Crippen molar-refractivity contribution >= 4 is 22.7 Å². The molecule has 0 spiro atoms. The molecule has 0 atom stereocenters. The zero-order valence-electron chi connectivity index (χ0n) is 9.77. The summed E-state index contributed by atoms with van der Waals surface area (Å²) in [7, 11) is 0. The zero-order valence-corrected chi connectivity index (χ0v) is 10.6. The average Bonchev–Trinajstić information content (AvgIpc) is 2.71. The first-order valence-electron chi connectivity index (χ1n) is 5.56. The summed E-state index contributed by atoms with van der Waals surface area (Å²) in [6, 6.07) is 8.38. The molecule has 3 heteroatoms. The van der Waals surface area contributed by atoms with Crippen LogP contribution < -0.4 is 4.74 Å². The zero-order chi connectivity index (χ0) is 11.4. The highest BCUT2D eigenvalue weighted by Crippen LogP contribution is 2.26. The highest BCUT2D eigenvalue weighted by Gasteiger charge is 2.05. The first kappa shape index (κ1) is 11.4. The summed E-state index contributed by atoms with van der Waals surface area (Å²) in [5.41, 5.74) is 1.26. The maximum absolute atomic E-state index is 5.62. The molecule has 0 aliphatic rings. The van der Waals surface area contributed by atoms with Gasteiger partial charge in [-0.3, -0.25) is 0 Å². The van der Waals surface area contributed by atoms with E-state index < -0.39 is 0 Å². The number of ether oxygens (including phenoxy) is 1. The van der Waals surface area contributed by atoms with Crippen LogP contribution in [-0.4, -0.2) is 23.2 Å². The summed E-state index contributed by atoms with van der Waals surface area (Å²) in [5, 5.41) is 1.21. The van der Waals surface area contributed by atoms with Crippen LogP contribution in [-0.2, 0) is 6.54 Å². The van der Waals surface area contributed by atoms with E-state index >= 15 is 0 Å². The van der Waals surface area contributed by atoms with Gasteiger partial charge >= 0.3 is 0 Å². The van der Waals surface area contributed by atoms with Crippen molar-refractivity contribution in [3.05, 3.63) is 30.5 Å². The Morgan fingerprint density at radius 2 is 2.19 bits per heavy atom. The van der Waals surface area contributed by atoms with Crippen LogP contribution in [0.25, 0.3) is 10.9 Å². The molecular weight excluding hydrogens is 218 g/mol. The minimum absolute atomic E-state index is 0.717. The molecule has 1 aromatic heterocycles.